The molecule has 1 amide bonds. The number of carboxylic acid groups (broad SMARTS) is 1. The second-order valence-electron chi connectivity index (χ2n) is 4.59. The lowest BCUT2D eigenvalue weighted by Gasteiger charge is -2.25. The lowest BCUT2D eigenvalue weighted by atomic mass is 9.92. The van der Waals surface area contributed by atoms with Gasteiger partial charge in [-0.3, -0.25) is 9.59 Å². The Morgan fingerprint density at radius 2 is 2.06 bits per heavy atom. The van der Waals surface area contributed by atoms with Gasteiger partial charge in [0.25, 0.3) is 0 Å². The van der Waals surface area contributed by atoms with E-state index in [9.17, 15) is 9.59 Å². The molecule has 5 nitrogen and oxygen atoms in total. The summed E-state index contributed by atoms with van der Waals surface area (Å²) in [5.74, 6) is -0.818. The van der Waals surface area contributed by atoms with Gasteiger partial charge in [-0.25, -0.2) is 0 Å². The van der Waals surface area contributed by atoms with Crippen molar-refractivity contribution >= 4 is 11.9 Å². The van der Waals surface area contributed by atoms with Crippen LogP contribution in [0.4, 0.5) is 0 Å². The van der Waals surface area contributed by atoms with Crippen LogP contribution in [0.5, 0.6) is 0 Å². The van der Waals surface area contributed by atoms with Crippen LogP contribution < -0.4 is 0 Å². The lowest BCUT2D eigenvalue weighted by Crippen LogP contribution is -2.43. The molecule has 1 aromatic heterocycles. The zero-order valence-corrected chi connectivity index (χ0v) is 10.5. The Balaban J connectivity index is 2.78. The number of carbonyl (C=O) groups is 2. The quantitative estimate of drug-likeness (QED) is 0.811. The number of aliphatic carboxylic acids is 1. The topological polar surface area (TPSA) is 70.8 Å². The van der Waals surface area contributed by atoms with Gasteiger partial charge in [-0.05, 0) is 26.8 Å². The van der Waals surface area contributed by atoms with E-state index in [1.807, 2.05) is 0 Å². The summed E-state index contributed by atoms with van der Waals surface area (Å²) >= 11 is 0. The van der Waals surface area contributed by atoms with Crippen molar-refractivity contribution in [2.45, 2.75) is 27.3 Å². The van der Waals surface area contributed by atoms with E-state index < -0.39 is 17.3 Å². The molecule has 1 rings (SSSR count). The summed E-state index contributed by atoms with van der Waals surface area (Å²) in [7, 11) is 1.58. The molecule has 0 aliphatic heterocycles. The fraction of sp³-hybridized carbons (Fsp3) is 0.500. The number of amides is 1. The molecule has 0 aliphatic carbocycles. The summed E-state index contributed by atoms with van der Waals surface area (Å²) in [6.07, 6.45) is 1.55. The molecule has 0 aromatic carbocycles. The molecule has 94 valence electrons. The molecule has 1 N–H and O–H groups in total. The first kappa shape index (κ1) is 13.3. The predicted molar refractivity (Wildman–Crippen MR) is 61.3 cm³/mol. The average Bonchev–Trinajstić information content (AvgIpc) is 2.63. The molecule has 1 aromatic rings. The van der Waals surface area contributed by atoms with E-state index >= 15 is 0 Å². The zero-order chi connectivity index (χ0) is 13.2. The van der Waals surface area contributed by atoms with E-state index in [0.717, 1.165) is 11.3 Å². The van der Waals surface area contributed by atoms with Gasteiger partial charge < -0.3 is 14.4 Å². The minimum absolute atomic E-state index is 0.345. The molecule has 0 aliphatic rings. The number of furan rings is 1. The van der Waals surface area contributed by atoms with Crippen LogP contribution in [0.2, 0.25) is 0 Å². The molecule has 0 atom stereocenters. The Bertz CT molecular complexity index is 433. The van der Waals surface area contributed by atoms with Crippen molar-refractivity contribution < 1.29 is 19.1 Å². The molecule has 0 bridgehead atoms. The SMILES string of the molecule is Cc1occc1CN(C)C(=O)C(C)(C)C(=O)O. The van der Waals surface area contributed by atoms with Gasteiger partial charge in [0.15, 0.2) is 0 Å². The summed E-state index contributed by atoms with van der Waals surface area (Å²) in [4.78, 5) is 24.3. The van der Waals surface area contributed by atoms with Gasteiger partial charge >= 0.3 is 5.97 Å². The van der Waals surface area contributed by atoms with E-state index in [0.29, 0.717) is 6.54 Å². The van der Waals surface area contributed by atoms with Gasteiger partial charge in [0.1, 0.15) is 11.2 Å². The van der Waals surface area contributed by atoms with E-state index in [2.05, 4.69) is 0 Å². The summed E-state index contributed by atoms with van der Waals surface area (Å²) in [5, 5.41) is 8.98. The van der Waals surface area contributed by atoms with Gasteiger partial charge in [-0.15, -0.1) is 0 Å². The highest BCUT2D eigenvalue weighted by Gasteiger charge is 2.38. The second kappa shape index (κ2) is 4.61. The third-order valence-corrected chi connectivity index (χ3v) is 2.79. The number of nitrogens with zero attached hydrogens (tertiary/aromatic N) is 1. The summed E-state index contributed by atoms with van der Waals surface area (Å²) in [6, 6.07) is 1.77. The van der Waals surface area contributed by atoms with Gasteiger partial charge in [-0.1, -0.05) is 0 Å². The third kappa shape index (κ3) is 2.67. The number of hydrogen-bond acceptors (Lipinski definition) is 3. The van der Waals surface area contributed by atoms with Gasteiger partial charge in [-0.2, -0.15) is 0 Å². The van der Waals surface area contributed by atoms with Crippen LogP contribution in [0.25, 0.3) is 0 Å². The summed E-state index contributed by atoms with van der Waals surface area (Å²) in [5.41, 5.74) is -0.533. The first-order valence-electron chi connectivity index (χ1n) is 5.28. The number of carbonyl (C=O) groups excluding carboxylic acids is 1. The van der Waals surface area contributed by atoms with Crippen molar-refractivity contribution in [2.75, 3.05) is 7.05 Å². The van der Waals surface area contributed by atoms with Crippen molar-refractivity contribution in [2.24, 2.45) is 5.41 Å². The van der Waals surface area contributed by atoms with Crippen LogP contribution in [0, 0.1) is 12.3 Å². The molecule has 0 unspecified atom stereocenters. The molecule has 17 heavy (non-hydrogen) atoms. The molecule has 0 fully saturated rings. The third-order valence-electron chi connectivity index (χ3n) is 2.79. The van der Waals surface area contributed by atoms with E-state index in [1.165, 1.54) is 18.7 Å². The van der Waals surface area contributed by atoms with E-state index in [4.69, 9.17) is 9.52 Å². The maximum absolute atomic E-state index is 12.0. The Morgan fingerprint density at radius 1 is 1.47 bits per heavy atom. The van der Waals surface area contributed by atoms with E-state index in [1.54, 1.807) is 26.3 Å². The minimum Gasteiger partial charge on any atom is -0.480 e. The highest BCUT2D eigenvalue weighted by molar-refractivity contribution is 6.00. The molecule has 0 radical (unpaired) electrons. The van der Waals surface area contributed by atoms with Crippen LogP contribution in [0.15, 0.2) is 16.7 Å². The van der Waals surface area contributed by atoms with Crippen LogP contribution in [-0.2, 0) is 16.1 Å². The van der Waals surface area contributed by atoms with Crippen LogP contribution >= 0.6 is 0 Å². The fourth-order valence-electron chi connectivity index (χ4n) is 1.47. The molecule has 0 spiro atoms. The predicted octanol–water partition coefficient (Wildman–Crippen LogP) is 1.66. The number of rotatable bonds is 4. The van der Waals surface area contributed by atoms with Gasteiger partial charge in [0, 0.05) is 19.2 Å². The van der Waals surface area contributed by atoms with Crippen molar-refractivity contribution in [1.29, 1.82) is 0 Å². The van der Waals surface area contributed by atoms with Gasteiger partial charge in [0.05, 0.1) is 6.26 Å². The van der Waals surface area contributed by atoms with Crippen molar-refractivity contribution in [3.63, 3.8) is 0 Å². The molecular formula is C12H17NO4. The number of aryl methyl sites for hydroxylation is 1. The van der Waals surface area contributed by atoms with Crippen molar-refractivity contribution in [3.05, 3.63) is 23.7 Å². The highest BCUT2D eigenvalue weighted by atomic mass is 16.4. The Kier molecular flexibility index (Phi) is 3.60. The smallest absolute Gasteiger partial charge is 0.318 e. The monoisotopic (exact) mass is 239 g/mol. The van der Waals surface area contributed by atoms with Crippen molar-refractivity contribution in [1.82, 2.24) is 4.90 Å². The molecular weight excluding hydrogens is 222 g/mol. The maximum Gasteiger partial charge on any atom is 0.318 e. The molecule has 0 saturated heterocycles. The molecule has 1 heterocycles. The largest absolute Gasteiger partial charge is 0.480 e. The first-order valence-corrected chi connectivity index (χ1v) is 5.28. The Hall–Kier alpha value is -1.78. The van der Waals surface area contributed by atoms with Crippen molar-refractivity contribution in [3.8, 4) is 0 Å². The Labute approximate surface area is 100 Å². The molecule has 0 saturated carbocycles. The summed E-state index contributed by atoms with van der Waals surface area (Å²) in [6.45, 7) is 4.95. The zero-order valence-electron chi connectivity index (χ0n) is 10.5. The average molecular weight is 239 g/mol. The highest BCUT2D eigenvalue weighted by Crippen LogP contribution is 2.20. The number of carboxylic acids is 1. The Morgan fingerprint density at radius 3 is 2.47 bits per heavy atom. The minimum atomic E-state index is -1.41. The summed E-state index contributed by atoms with van der Waals surface area (Å²) < 4.78 is 5.12. The first-order chi connectivity index (χ1) is 7.76. The molecule has 5 heteroatoms. The maximum atomic E-state index is 12.0. The standard InChI is InChI=1S/C12H17NO4/c1-8-9(5-6-17-8)7-13(4)10(14)12(2,3)11(15)16/h5-6H,7H2,1-4H3,(H,15,16). The fourth-order valence-corrected chi connectivity index (χ4v) is 1.47. The number of hydrogen-bond donors (Lipinski definition) is 1. The van der Waals surface area contributed by atoms with Crippen LogP contribution in [0.3, 0.4) is 0 Å². The van der Waals surface area contributed by atoms with Crippen LogP contribution in [0.1, 0.15) is 25.2 Å². The lowest BCUT2D eigenvalue weighted by molar-refractivity contribution is -0.157. The second-order valence-corrected chi connectivity index (χ2v) is 4.59. The van der Waals surface area contributed by atoms with Crippen LogP contribution in [-0.4, -0.2) is 28.9 Å². The van der Waals surface area contributed by atoms with E-state index in [-0.39, 0.29) is 0 Å². The van der Waals surface area contributed by atoms with Gasteiger partial charge in [0.2, 0.25) is 5.91 Å². The normalized spacial score (nSPS) is 11.3.